The predicted molar refractivity (Wildman–Crippen MR) is 71.1 cm³/mol. The van der Waals surface area contributed by atoms with Crippen LogP contribution in [0.25, 0.3) is 0 Å². The van der Waals surface area contributed by atoms with E-state index in [1.807, 2.05) is 11.4 Å². The predicted octanol–water partition coefficient (Wildman–Crippen LogP) is 1.89. The topological polar surface area (TPSA) is 46.5 Å². The highest BCUT2D eigenvalue weighted by atomic mass is 32.2. The summed E-state index contributed by atoms with van der Waals surface area (Å²) in [5.41, 5.74) is 0.938. The molecular weight excluding hydrogens is 256 g/mol. The van der Waals surface area contributed by atoms with Crippen molar-refractivity contribution in [3.05, 3.63) is 21.9 Å². The summed E-state index contributed by atoms with van der Waals surface area (Å²) < 4.78 is 4.56. The molecule has 0 unspecified atom stereocenters. The van der Waals surface area contributed by atoms with E-state index < -0.39 is 0 Å². The van der Waals surface area contributed by atoms with Crippen molar-refractivity contribution in [2.75, 3.05) is 19.5 Å². The molecule has 1 aromatic rings. The van der Waals surface area contributed by atoms with Gasteiger partial charge in [0.15, 0.2) is 0 Å². The van der Waals surface area contributed by atoms with E-state index in [0.717, 1.165) is 17.1 Å². The maximum atomic E-state index is 10.9. The molecule has 5 heteroatoms. The van der Waals surface area contributed by atoms with E-state index in [1.165, 1.54) is 12.0 Å². The first-order valence-electron chi connectivity index (χ1n) is 5.08. The Balaban J connectivity index is 2.28. The minimum absolute atomic E-state index is 0.112. The molecule has 92 valence electrons. The largest absolute Gasteiger partial charge is 0.469 e. The van der Waals surface area contributed by atoms with Crippen molar-refractivity contribution in [3.63, 3.8) is 0 Å². The first-order chi connectivity index (χ1) is 8.26. The zero-order chi connectivity index (χ0) is 12.5. The fourth-order valence-corrected chi connectivity index (χ4v) is 2.96. The third-order valence-electron chi connectivity index (χ3n) is 1.89. The van der Waals surface area contributed by atoms with Gasteiger partial charge in [0.25, 0.3) is 0 Å². The monoisotopic (exact) mass is 270 g/mol. The number of thiophene rings is 1. The van der Waals surface area contributed by atoms with Crippen molar-refractivity contribution in [2.24, 2.45) is 0 Å². The number of thioether (sulfide) groups is 1. The van der Waals surface area contributed by atoms with Gasteiger partial charge in [-0.15, -0.1) is 11.3 Å². The van der Waals surface area contributed by atoms with Crippen molar-refractivity contribution in [2.45, 2.75) is 12.2 Å². The highest BCUT2D eigenvalue weighted by molar-refractivity contribution is 7.98. The molecule has 0 aliphatic heterocycles. The zero-order valence-electron chi connectivity index (χ0n) is 9.56. The molecule has 0 atom stereocenters. The van der Waals surface area contributed by atoms with E-state index in [-0.39, 0.29) is 12.6 Å². The van der Waals surface area contributed by atoms with Crippen LogP contribution in [0.15, 0.2) is 11.4 Å². The number of hydrogen-bond donors (Lipinski definition) is 1. The summed E-state index contributed by atoms with van der Waals surface area (Å²) in [5, 5.41) is 10.5. The second kappa shape index (κ2) is 8.18. The number of methoxy groups -OCH3 is 1. The van der Waals surface area contributed by atoms with E-state index >= 15 is 0 Å². The molecule has 1 rings (SSSR count). The van der Waals surface area contributed by atoms with E-state index in [1.54, 1.807) is 23.1 Å². The number of rotatable bonds is 5. The average Bonchev–Trinajstić information content (AvgIpc) is 2.79. The summed E-state index contributed by atoms with van der Waals surface area (Å²) in [7, 11) is 1.40. The van der Waals surface area contributed by atoms with Crippen molar-refractivity contribution < 1.29 is 14.6 Å². The second-order valence-corrected chi connectivity index (χ2v) is 5.24. The van der Waals surface area contributed by atoms with Crippen LogP contribution in [0.5, 0.6) is 0 Å². The van der Waals surface area contributed by atoms with Gasteiger partial charge in [0.2, 0.25) is 0 Å². The van der Waals surface area contributed by atoms with Gasteiger partial charge in [-0.2, -0.15) is 11.8 Å². The quantitative estimate of drug-likeness (QED) is 0.504. The Hall–Kier alpha value is -0.960. The summed E-state index contributed by atoms with van der Waals surface area (Å²) >= 11 is 3.34. The van der Waals surface area contributed by atoms with Crippen LogP contribution in [0.2, 0.25) is 0 Å². The summed E-state index contributed by atoms with van der Waals surface area (Å²) in [4.78, 5) is 12.1. The number of ether oxygens (including phenoxy) is 1. The highest BCUT2D eigenvalue weighted by Gasteiger charge is 2.01. The van der Waals surface area contributed by atoms with Gasteiger partial charge in [0.05, 0.1) is 13.5 Å². The third kappa shape index (κ3) is 5.78. The molecule has 1 aromatic heterocycles. The summed E-state index contributed by atoms with van der Waals surface area (Å²) in [6, 6.07) is 2.01. The zero-order valence-corrected chi connectivity index (χ0v) is 11.2. The first kappa shape index (κ1) is 14.1. The molecule has 0 bridgehead atoms. The average molecular weight is 270 g/mol. The summed E-state index contributed by atoms with van der Waals surface area (Å²) in [6.45, 7) is -0.112. The Morgan fingerprint density at radius 3 is 3.18 bits per heavy atom. The molecule has 0 aliphatic rings. The Bertz CT molecular complexity index is 415. The number of aliphatic hydroxyl groups is 1. The fourth-order valence-electron chi connectivity index (χ4n) is 1.09. The van der Waals surface area contributed by atoms with Crippen LogP contribution in [0, 0.1) is 11.8 Å². The van der Waals surface area contributed by atoms with E-state index in [0.29, 0.717) is 6.42 Å². The Labute approximate surface area is 109 Å². The maximum Gasteiger partial charge on any atom is 0.306 e. The van der Waals surface area contributed by atoms with Crippen molar-refractivity contribution in [1.82, 2.24) is 0 Å². The minimum atomic E-state index is -0.168. The number of carbonyl (C=O) groups excluding carboxylic acids is 1. The van der Waals surface area contributed by atoms with Crippen molar-refractivity contribution >= 4 is 29.1 Å². The molecule has 0 radical (unpaired) electrons. The minimum Gasteiger partial charge on any atom is -0.469 e. The van der Waals surface area contributed by atoms with Crippen molar-refractivity contribution in [1.29, 1.82) is 0 Å². The lowest BCUT2D eigenvalue weighted by atomic mass is 10.3. The van der Waals surface area contributed by atoms with Crippen LogP contribution in [0.3, 0.4) is 0 Å². The third-order valence-corrected chi connectivity index (χ3v) is 4.02. The molecule has 1 N–H and O–H groups in total. The Morgan fingerprint density at radius 2 is 2.47 bits per heavy atom. The normalized spacial score (nSPS) is 9.53. The molecular formula is C12H14O3S2. The molecule has 17 heavy (non-hydrogen) atoms. The number of carbonyl (C=O) groups is 1. The maximum absolute atomic E-state index is 10.9. The molecule has 1 heterocycles. The van der Waals surface area contributed by atoms with Crippen LogP contribution in [-0.2, 0) is 15.3 Å². The van der Waals surface area contributed by atoms with Crippen LogP contribution in [-0.4, -0.2) is 30.5 Å². The van der Waals surface area contributed by atoms with Gasteiger partial charge in [-0.1, -0.05) is 11.8 Å². The molecule has 0 aromatic carbocycles. The lowest BCUT2D eigenvalue weighted by molar-refractivity contribution is -0.140. The number of esters is 1. The lowest BCUT2D eigenvalue weighted by Gasteiger charge is -1.98. The van der Waals surface area contributed by atoms with Crippen molar-refractivity contribution in [3.8, 4) is 11.8 Å². The van der Waals surface area contributed by atoms with Gasteiger partial charge in [-0.3, -0.25) is 4.79 Å². The molecule has 3 nitrogen and oxygen atoms in total. The standard InChI is InChI=1S/C12H14O3S2/c1-15-12(14)4-6-16-9-11-7-10(8-17-11)3-2-5-13/h7-8,13H,4-6,9H2,1H3. The smallest absolute Gasteiger partial charge is 0.306 e. The Morgan fingerprint density at radius 1 is 1.65 bits per heavy atom. The molecule has 0 saturated heterocycles. The summed E-state index contributed by atoms with van der Waals surface area (Å²) in [5.74, 6) is 6.95. The van der Waals surface area contributed by atoms with Gasteiger partial charge in [-0.05, 0) is 6.07 Å². The number of hydrogen-bond acceptors (Lipinski definition) is 5. The van der Waals surface area contributed by atoms with Crippen LogP contribution in [0.1, 0.15) is 16.9 Å². The van der Waals surface area contributed by atoms with Crippen LogP contribution < -0.4 is 0 Å². The van der Waals surface area contributed by atoms with Crippen LogP contribution in [0.4, 0.5) is 0 Å². The Kier molecular flexibility index (Phi) is 6.78. The second-order valence-electron chi connectivity index (χ2n) is 3.14. The first-order valence-corrected chi connectivity index (χ1v) is 7.11. The van der Waals surface area contributed by atoms with Gasteiger partial charge in [-0.25, -0.2) is 0 Å². The highest BCUT2D eigenvalue weighted by Crippen LogP contribution is 2.20. The van der Waals surface area contributed by atoms with Crippen LogP contribution >= 0.6 is 23.1 Å². The molecule has 0 spiro atoms. The van der Waals surface area contributed by atoms with Gasteiger partial charge < -0.3 is 9.84 Å². The fraction of sp³-hybridized carbons (Fsp3) is 0.417. The lowest BCUT2D eigenvalue weighted by Crippen LogP contribution is -2.00. The SMILES string of the molecule is COC(=O)CCSCc1cc(C#CCO)cs1. The molecule has 0 fully saturated rings. The van der Waals surface area contributed by atoms with Gasteiger partial charge in [0.1, 0.15) is 6.61 Å². The number of aliphatic hydroxyl groups excluding tert-OH is 1. The molecule has 0 aliphatic carbocycles. The van der Waals surface area contributed by atoms with E-state index in [4.69, 9.17) is 5.11 Å². The van der Waals surface area contributed by atoms with Gasteiger partial charge >= 0.3 is 5.97 Å². The van der Waals surface area contributed by atoms with E-state index in [2.05, 4.69) is 16.6 Å². The molecule has 0 amide bonds. The van der Waals surface area contributed by atoms with Gasteiger partial charge in [0, 0.05) is 27.3 Å². The van der Waals surface area contributed by atoms with E-state index in [9.17, 15) is 4.79 Å². The summed E-state index contributed by atoms with van der Waals surface area (Å²) in [6.07, 6.45) is 0.448. The molecule has 0 saturated carbocycles.